The van der Waals surface area contributed by atoms with Gasteiger partial charge in [-0.05, 0) is 24.5 Å². The molecule has 5 nitrogen and oxygen atoms in total. The highest BCUT2D eigenvalue weighted by atomic mass is 35.5. The second-order valence-electron chi connectivity index (χ2n) is 6.05. The molecule has 1 aliphatic carbocycles. The van der Waals surface area contributed by atoms with Gasteiger partial charge in [0.15, 0.2) is 5.78 Å². The van der Waals surface area contributed by atoms with Gasteiger partial charge in [0.1, 0.15) is 12.4 Å². The van der Waals surface area contributed by atoms with E-state index in [1.54, 1.807) is 16.8 Å². The maximum atomic E-state index is 12.7. The number of ketones is 1. The zero-order valence-electron chi connectivity index (χ0n) is 12.4. The number of allylic oxidation sites excluding steroid dienone is 2. The normalized spacial score (nSPS) is 23.3. The lowest BCUT2D eigenvalue weighted by Gasteiger charge is -2.34. The van der Waals surface area contributed by atoms with Crippen LogP contribution in [0.1, 0.15) is 31.4 Å². The summed E-state index contributed by atoms with van der Waals surface area (Å²) in [6, 6.07) is 4.95. The molecule has 0 amide bonds. The first-order chi connectivity index (χ1) is 11.0. The summed E-state index contributed by atoms with van der Waals surface area (Å²) in [5.41, 5.74) is 2.45. The number of Topliss-reactive ketones (excluding diaryl/α,β-unsaturated/α-hetero) is 1. The largest absolute Gasteiger partial charge is 0.328 e. The van der Waals surface area contributed by atoms with Crippen LogP contribution in [0.2, 0.25) is 10.0 Å². The number of anilines is 1. The van der Waals surface area contributed by atoms with E-state index < -0.39 is 0 Å². The van der Waals surface area contributed by atoms with Crippen molar-refractivity contribution in [2.45, 2.75) is 25.8 Å². The smallest absolute Gasteiger partial charge is 0.226 e. The molecule has 2 atom stereocenters. The number of hydrogen-bond donors (Lipinski definition) is 1. The number of hydrogen-bond acceptors (Lipinski definition) is 4. The third-order valence-corrected chi connectivity index (χ3v) is 4.89. The predicted octanol–water partition coefficient (Wildman–Crippen LogP) is 3.85. The molecule has 0 spiro atoms. The molecule has 7 heteroatoms. The molecule has 1 aromatic heterocycles. The molecular weight excluding hydrogens is 335 g/mol. The van der Waals surface area contributed by atoms with E-state index in [4.69, 9.17) is 23.2 Å². The fraction of sp³-hybridized carbons (Fsp3) is 0.312. The van der Waals surface area contributed by atoms with Gasteiger partial charge in [-0.15, -0.1) is 0 Å². The average molecular weight is 349 g/mol. The molecule has 0 saturated carbocycles. The summed E-state index contributed by atoms with van der Waals surface area (Å²) < 4.78 is 1.71. The molecule has 118 valence electrons. The molecule has 0 radical (unpaired) electrons. The Bertz CT molecular complexity index is 842. The molecular formula is C16H14Cl2N4O. The summed E-state index contributed by atoms with van der Waals surface area (Å²) in [7, 11) is 0. The Hall–Kier alpha value is -1.85. The van der Waals surface area contributed by atoms with Crippen LogP contribution in [0.5, 0.6) is 0 Å². The van der Waals surface area contributed by atoms with E-state index in [9.17, 15) is 4.79 Å². The van der Waals surface area contributed by atoms with Crippen molar-refractivity contribution in [3.63, 3.8) is 0 Å². The maximum absolute atomic E-state index is 12.7. The second-order valence-corrected chi connectivity index (χ2v) is 6.89. The van der Waals surface area contributed by atoms with Crippen molar-refractivity contribution in [2.24, 2.45) is 5.92 Å². The van der Waals surface area contributed by atoms with Gasteiger partial charge in [0.05, 0.1) is 0 Å². The molecule has 0 saturated heterocycles. The van der Waals surface area contributed by atoms with Crippen LogP contribution in [0.4, 0.5) is 5.95 Å². The number of rotatable bonds is 1. The topological polar surface area (TPSA) is 59.8 Å². The zero-order valence-corrected chi connectivity index (χ0v) is 13.9. The Kier molecular flexibility index (Phi) is 3.43. The zero-order chi connectivity index (χ0) is 16.1. The van der Waals surface area contributed by atoms with Crippen LogP contribution in [0.25, 0.3) is 0 Å². The third kappa shape index (κ3) is 2.35. The Morgan fingerprint density at radius 1 is 1.30 bits per heavy atom. The highest BCUT2D eigenvalue weighted by molar-refractivity contribution is 6.35. The van der Waals surface area contributed by atoms with E-state index >= 15 is 0 Å². The minimum Gasteiger partial charge on any atom is -0.328 e. The lowest BCUT2D eigenvalue weighted by molar-refractivity contribution is -0.117. The Labute approximate surface area is 143 Å². The first kappa shape index (κ1) is 14.7. The van der Waals surface area contributed by atoms with Crippen molar-refractivity contribution in [1.82, 2.24) is 14.8 Å². The minimum absolute atomic E-state index is 0.128. The first-order valence-electron chi connectivity index (χ1n) is 7.42. The quantitative estimate of drug-likeness (QED) is 0.850. The van der Waals surface area contributed by atoms with Crippen LogP contribution < -0.4 is 5.32 Å². The Morgan fingerprint density at radius 3 is 2.91 bits per heavy atom. The van der Waals surface area contributed by atoms with E-state index in [1.165, 1.54) is 6.33 Å². The standard InChI is InChI=1S/C16H14Cl2N4O/c1-8-4-12-14(13(23)5-8)15(22-16(21-12)19-7-20-22)10-3-2-9(17)6-11(10)18/h2-3,6-8,15H,4-5H2,1H3,(H,19,20,21)/t8-,15-/m1/s1. The number of halogens is 2. The molecule has 1 N–H and O–H groups in total. The number of carbonyl (C=O) groups excluding carboxylic acids is 1. The van der Waals surface area contributed by atoms with E-state index in [2.05, 4.69) is 22.3 Å². The van der Waals surface area contributed by atoms with Crippen molar-refractivity contribution >= 4 is 34.9 Å². The van der Waals surface area contributed by atoms with Crippen molar-refractivity contribution in [1.29, 1.82) is 0 Å². The molecule has 23 heavy (non-hydrogen) atoms. The van der Waals surface area contributed by atoms with E-state index in [0.717, 1.165) is 23.3 Å². The summed E-state index contributed by atoms with van der Waals surface area (Å²) in [4.78, 5) is 17.0. The van der Waals surface area contributed by atoms with Crippen LogP contribution in [-0.4, -0.2) is 20.5 Å². The number of nitrogens with zero attached hydrogens (tertiary/aromatic N) is 3. The summed E-state index contributed by atoms with van der Waals surface area (Å²) in [6.07, 6.45) is 2.83. The number of aromatic nitrogens is 3. The molecule has 4 rings (SSSR count). The Morgan fingerprint density at radius 2 is 2.13 bits per heavy atom. The van der Waals surface area contributed by atoms with Crippen molar-refractivity contribution in [3.8, 4) is 0 Å². The molecule has 2 heterocycles. The van der Waals surface area contributed by atoms with Crippen LogP contribution in [0, 0.1) is 5.92 Å². The first-order valence-corrected chi connectivity index (χ1v) is 8.18. The summed E-state index contributed by atoms with van der Waals surface area (Å²) >= 11 is 12.4. The fourth-order valence-electron chi connectivity index (χ4n) is 3.36. The van der Waals surface area contributed by atoms with E-state index in [-0.39, 0.29) is 11.8 Å². The molecule has 2 aliphatic rings. The minimum atomic E-state index is -0.367. The number of nitrogens with one attached hydrogen (secondary N) is 1. The van der Waals surface area contributed by atoms with Crippen molar-refractivity contribution in [3.05, 3.63) is 51.4 Å². The lowest BCUT2D eigenvalue weighted by Crippen LogP contribution is -2.33. The van der Waals surface area contributed by atoms with E-state index in [0.29, 0.717) is 28.3 Å². The van der Waals surface area contributed by atoms with Crippen LogP contribution in [0.3, 0.4) is 0 Å². The summed E-state index contributed by atoms with van der Waals surface area (Å²) in [5.74, 6) is 1.06. The third-order valence-electron chi connectivity index (χ3n) is 4.32. The van der Waals surface area contributed by atoms with Crippen molar-refractivity contribution < 1.29 is 4.79 Å². The number of benzene rings is 1. The van der Waals surface area contributed by atoms with Gasteiger partial charge in [-0.2, -0.15) is 10.1 Å². The van der Waals surface area contributed by atoms with Gasteiger partial charge in [0.2, 0.25) is 5.95 Å². The fourth-order valence-corrected chi connectivity index (χ4v) is 3.87. The highest BCUT2D eigenvalue weighted by Gasteiger charge is 2.38. The van der Waals surface area contributed by atoms with Gasteiger partial charge in [0.25, 0.3) is 0 Å². The van der Waals surface area contributed by atoms with Crippen LogP contribution in [0.15, 0.2) is 35.8 Å². The van der Waals surface area contributed by atoms with E-state index in [1.807, 2.05) is 6.07 Å². The molecule has 0 unspecified atom stereocenters. The second kappa shape index (κ2) is 5.35. The maximum Gasteiger partial charge on any atom is 0.226 e. The summed E-state index contributed by atoms with van der Waals surface area (Å²) in [5, 5.41) is 8.61. The average Bonchev–Trinajstić information content (AvgIpc) is 2.93. The van der Waals surface area contributed by atoms with Crippen LogP contribution >= 0.6 is 23.2 Å². The van der Waals surface area contributed by atoms with Gasteiger partial charge in [-0.1, -0.05) is 36.2 Å². The van der Waals surface area contributed by atoms with Gasteiger partial charge in [0, 0.05) is 33.3 Å². The van der Waals surface area contributed by atoms with Crippen molar-refractivity contribution in [2.75, 3.05) is 5.32 Å². The Balaban J connectivity index is 1.93. The van der Waals surface area contributed by atoms with Gasteiger partial charge < -0.3 is 5.32 Å². The van der Waals surface area contributed by atoms with Gasteiger partial charge >= 0.3 is 0 Å². The van der Waals surface area contributed by atoms with Gasteiger partial charge in [-0.3, -0.25) is 4.79 Å². The van der Waals surface area contributed by atoms with Gasteiger partial charge in [-0.25, -0.2) is 4.68 Å². The van der Waals surface area contributed by atoms with Crippen LogP contribution in [-0.2, 0) is 4.79 Å². The molecule has 2 aromatic rings. The molecule has 1 aromatic carbocycles. The SMILES string of the molecule is C[C@H]1CC(=O)C2=C(C1)Nc1ncnn1[C@@H]2c1ccc(Cl)cc1Cl. The molecule has 1 aliphatic heterocycles. The number of carbonyl (C=O) groups is 1. The predicted molar refractivity (Wildman–Crippen MR) is 88.7 cm³/mol. The highest BCUT2D eigenvalue weighted by Crippen LogP contribution is 2.43. The summed E-state index contributed by atoms with van der Waals surface area (Å²) in [6.45, 7) is 2.08. The lowest BCUT2D eigenvalue weighted by atomic mass is 9.81. The monoisotopic (exact) mass is 348 g/mol. The molecule has 0 fully saturated rings. The molecule has 0 bridgehead atoms. The number of fused-ring (bicyclic) bond motifs is 1.